The molecular weight excluding hydrogens is 527 g/mol. The number of rotatable bonds is 12. The average Bonchev–Trinajstić information content (AvgIpc) is 2.92. The van der Waals surface area contributed by atoms with Crippen LogP contribution in [0.5, 0.6) is 0 Å². The molecule has 0 fully saturated rings. The molecule has 0 radical (unpaired) electrons. The van der Waals surface area contributed by atoms with E-state index >= 15 is 0 Å². The molecule has 40 heavy (non-hydrogen) atoms. The Labute approximate surface area is 229 Å². The molecule has 10 nitrogen and oxygen atoms in total. The zero-order chi connectivity index (χ0) is 29.3. The third kappa shape index (κ3) is 8.46. The van der Waals surface area contributed by atoms with E-state index in [1.807, 2.05) is 24.3 Å². The van der Waals surface area contributed by atoms with Crippen LogP contribution in [-0.2, 0) is 27.0 Å². The molecule has 0 saturated carbocycles. The molecule has 1 heterocycles. The Bertz CT molecular complexity index is 1310. The van der Waals surface area contributed by atoms with Crippen molar-refractivity contribution in [2.45, 2.75) is 31.1 Å². The molecular formula is C27H33F3N7O3+. The van der Waals surface area contributed by atoms with Gasteiger partial charge >= 0.3 is 6.18 Å². The number of nitrogens with one attached hydrogen (secondary N) is 3. The minimum absolute atomic E-state index is 0.125. The zero-order valence-corrected chi connectivity index (χ0v) is 21.7. The van der Waals surface area contributed by atoms with E-state index in [1.165, 1.54) is 17.0 Å². The average molecular weight is 561 g/mol. The molecule has 0 aliphatic carbocycles. The van der Waals surface area contributed by atoms with Crippen molar-refractivity contribution in [2.24, 2.45) is 17.2 Å². The van der Waals surface area contributed by atoms with E-state index in [9.17, 15) is 27.6 Å². The van der Waals surface area contributed by atoms with Crippen LogP contribution in [0.3, 0.4) is 0 Å². The van der Waals surface area contributed by atoms with Crippen LogP contribution in [-0.4, -0.2) is 60.9 Å². The first-order chi connectivity index (χ1) is 19.0. The fraction of sp³-hybridized carbons (Fsp3) is 0.333. The normalized spacial score (nSPS) is 12.9. The van der Waals surface area contributed by atoms with E-state index in [4.69, 9.17) is 17.2 Å². The van der Waals surface area contributed by atoms with Crippen LogP contribution < -0.4 is 32.8 Å². The second-order valence-corrected chi connectivity index (χ2v) is 9.19. The summed E-state index contributed by atoms with van der Waals surface area (Å²) in [7, 11) is 0. The van der Waals surface area contributed by atoms with Crippen LogP contribution in [0.4, 0.5) is 18.9 Å². The number of benzene rings is 2. The van der Waals surface area contributed by atoms with Crippen LogP contribution in [0, 0.1) is 0 Å². The van der Waals surface area contributed by atoms with Gasteiger partial charge in [-0.05, 0) is 29.8 Å². The third-order valence-corrected chi connectivity index (χ3v) is 6.16. The van der Waals surface area contributed by atoms with Crippen LogP contribution in [0.1, 0.15) is 17.5 Å². The number of fused-ring (bicyclic) bond motifs is 1. The molecule has 214 valence electrons. The molecule has 0 unspecified atom stereocenters. The van der Waals surface area contributed by atoms with Crippen LogP contribution >= 0.6 is 0 Å². The predicted molar refractivity (Wildman–Crippen MR) is 143 cm³/mol. The lowest BCUT2D eigenvalue weighted by Gasteiger charge is -2.24. The van der Waals surface area contributed by atoms with Crippen LogP contribution in [0.25, 0.3) is 10.9 Å². The number of anilines is 1. The highest BCUT2D eigenvalue weighted by Crippen LogP contribution is 2.29. The van der Waals surface area contributed by atoms with Crippen molar-refractivity contribution in [3.05, 3.63) is 71.9 Å². The number of para-hydroxylation sites is 1. The largest absolute Gasteiger partial charge is 0.416 e. The van der Waals surface area contributed by atoms with Crippen molar-refractivity contribution in [1.29, 1.82) is 0 Å². The maximum Gasteiger partial charge on any atom is 0.416 e. The van der Waals surface area contributed by atoms with E-state index < -0.39 is 41.5 Å². The predicted octanol–water partition coefficient (Wildman–Crippen LogP) is 0.802. The highest BCUT2D eigenvalue weighted by molar-refractivity contribution is 5.99. The number of H-pyrrole nitrogens is 1. The second-order valence-electron chi connectivity index (χ2n) is 9.19. The molecule has 2 atom stereocenters. The van der Waals surface area contributed by atoms with Crippen molar-refractivity contribution >= 4 is 34.3 Å². The Morgan fingerprint density at radius 2 is 1.60 bits per heavy atom. The van der Waals surface area contributed by atoms with Gasteiger partial charge in [0.15, 0.2) is 6.20 Å². The number of carbonyl (C=O) groups is 3. The Hall–Kier alpha value is -4.07. The van der Waals surface area contributed by atoms with Gasteiger partial charge in [-0.2, -0.15) is 13.2 Å². The standard InChI is InChI=1S/C27H32F3N7O3/c28-27(29,30)19-7-5-17(6-8-19)13-23(26(40)35-20-14-18-3-1-2-4-22(18)34-16-20)36-25(39)21(33)15-24(38)37(11-9-31)12-10-32/h1-8,14,16,21,23H,9-13,15,31-33H2,(H,35,40)(H,36,39)/p+1/t21-,23-/m1/s1. The molecule has 3 amide bonds. The minimum Gasteiger partial charge on any atom is -0.343 e. The van der Waals surface area contributed by atoms with Gasteiger partial charge in [0.25, 0.3) is 0 Å². The van der Waals surface area contributed by atoms with Crippen molar-refractivity contribution in [3.63, 3.8) is 0 Å². The monoisotopic (exact) mass is 560 g/mol. The fourth-order valence-electron chi connectivity index (χ4n) is 4.06. The SMILES string of the molecule is NCCN(CCN)C(=O)C[C@@H](N)C(=O)N[C@H](Cc1ccc(C(F)(F)F)cc1)C(=O)Nc1c[nH+]c2ccccc2c1. The minimum atomic E-state index is -4.52. The summed E-state index contributed by atoms with van der Waals surface area (Å²) < 4.78 is 39.0. The highest BCUT2D eigenvalue weighted by atomic mass is 19.4. The topological polar surface area (TPSA) is 171 Å². The number of nitrogens with two attached hydrogens (primary N) is 3. The number of hydrogen-bond donors (Lipinski definition) is 5. The maximum absolute atomic E-state index is 13.3. The summed E-state index contributed by atoms with van der Waals surface area (Å²) in [5, 5.41) is 6.09. The number of aromatic amines is 1. The molecule has 9 N–H and O–H groups in total. The second kappa shape index (κ2) is 13.8. The van der Waals surface area contributed by atoms with Gasteiger partial charge in [0.2, 0.25) is 23.2 Å². The molecule has 0 spiro atoms. The molecule has 1 aromatic heterocycles. The summed E-state index contributed by atoms with van der Waals surface area (Å²) in [5.41, 5.74) is 17.8. The summed E-state index contributed by atoms with van der Waals surface area (Å²) >= 11 is 0. The van der Waals surface area contributed by atoms with Gasteiger partial charge in [0.05, 0.1) is 18.0 Å². The highest BCUT2D eigenvalue weighted by Gasteiger charge is 2.31. The van der Waals surface area contributed by atoms with Gasteiger partial charge in [-0.25, -0.2) is 4.98 Å². The van der Waals surface area contributed by atoms with E-state index in [0.29, 0.717) is 11.3 Å². The lowest BCUT2D eigenvalue weighted by molar-refractivity contribution is -0.343. The van der Waals surface area contributed by atoms with Gasteiger partial charge in [-0.15, -0.1) is 0 Å². The number of halogens is 3. The first-order valence-corrected chi connectivity index (χ1v) is 12.6. The van der Waals surface area contributed by atoms with Gasteiger partial charge in [0.1, 0.15) is 11.7 Å². The van der Waals surface area contributed by atoms with Crippen molar-refractivity contribution in [2.75, 3.05) is 31.5 Å². The van der Waals surface area contributed by atoms with Gasteiger partial charge in [-0.1, -0.05) is 24.3 Å². The van der Waals surface area contributed by atoms with Crippen LogP contribution in [0.2, 0.25) is 0 Å². The summed E-state index contributed by atoms with van der Waals surface area (Å²) in [4.78, 5) is 43.3. The molecule has 13 heteroatoms. The maximum atomic E-state index is 13.3. The number of hydrogen-bond acceptors (Lipinski definition) is 6. The molecule has 2 aromatic carbocycles. The molecule has 3 aromatic rings. The molecule has 0 bridgehead atoms. The van der Waals surface area contributed by atoms with Crippen LogP contribution in [0.15, 0.2) is 60.8 Å². The first kappa shape index (κ1) is 30.5. The van der Waals surface area contributed by atoms with E-state index in [-0.39, 0.29) is 39.0 Å². The Kier molecular flexibility index (Phi) is 10.5. The summed E-state index contributed by atoms with van der Waals surface area (Å²) in [6.07, 6.45) is -3.41. The van der Waals surface area contributed by atoms with E-state index in [1.54, 1.807) is 12.3 Å². The quantitative estimate of drug-likeness (QED) is 0.219. The molecule has 0 aliphatic heterocycles. The summed E-state index contributed by atoms with van der Waals surface area (Å²) in [6, 6.07) is 10.9. The zero-order valence-electron chi connectivity index (χ0n) is 21.7. The number of pyridine rings is 1. The summed E-state index contributed by atoms with van der Waals surface area (Å²) in [6.45, 7) is 0.891. The number of aromatic nitrogens is 1. The molecule has 0 saturated heterocycles. The van der Waals surface area contributed by atoms with Crippen molar-refractivity contribution < 1.29 is 32.5 Å². The third-order valence-electron chi connectivity index (χ3n) is 6.16. The van der Waals surface area contributed by atoms with E-state index in [2.05, 4.69) is 15.6 Å². The number of amides is 3. The van der Waals surface area contributed by atoms with Gasteiger partial charge < -0.3 is 32.7 Å². The molecule has 3 rings (SSSR count). The smallest absolute Gasteiger partial charge is 0.343 e. The lowest BCUT2D eigenvalue weighted by Crippen LogP contribution is -2.52. The lowest BCUT2D eigenvalue weighted by atomic mass is 10.0. The van der Waals surface area contributed by atoms with Crippen molar-refractivity contribution in [3.8, 4) is 0 Å². The van der Waals surface area contributed by atoms with Gasteiger partial charge in [0, 0.05) is 44.1 Å². The Morgan fingerprint density at radius 1 is 0.950 bits per heavy atom. The number of nitrogens with zero attached hydrogens (tertiary/aromatic N) is 1. The fourth-order valence-corrected chi connectivity index (χ4v) is 4.06. The number of alkyl halides is 3. The van der Waals surface area contributed by atoms with E-state index in [0.717, 1.165) is 23.0 Å². The Balaban J connectivity index is 1.77. The summed E-state index contributed by atoms with van der Waals surface area (Å²) in [5.74, 6) is -1.82. The molecule has 0 aliphatic rings. The first-order valence-electron chi connectivity index (χ1n) is 12.6. The Morgan fingerprint density at radius 3 is 2.23 bits per heavy atom. The van der Waals surface area contributed by atoms with Gasteiger partial charge in [-0.3, -0.25) is 14.4 Å². The van der Waals surface area contributed by atoms with Crippen molar-refractivity contribution in [1.82, 2.24) is 10.2 Å². The number of carbonyl (C=O) groups excluding carboxylic acids is 3.